The standard InChI is InChI=1S/C6H7BrClNO2S2/c7-3-4-9-13(10,11)6-2-1-5(8)12-6/h1-2,9H,3-4H2. The van der Waals surface area contributed by atoms with E-state index in [0.717, 1.165) is 11.3 Å². The fourth-order valence-electron chi connectivity index (χ4n) is 0.686. The van der Waals surface area contributed by atoms with Crippen LogP contribution in [0.15, 0.2) is 16.3 Å². The average molecular weight is 305 g/mol. The Morgan fingerprint density at radius 2 is 2.23 bits per heavy atom. The quantitative estimate of drug-likeness (QED) is 0.866. The summed E-state index contributed by atoms with van der Waals surface area (Å²) < 4.78 is 26.0. The van der Waals surface area contributed by atoms with Crippen LogP contribution in [-0.2, 0) is 10.0 Å². The van der Waals surface area contributed by atoms with Crippen LogP contribution < -0.4 is 4.72 Å². The first kappa shape index (κ1) is 11.5. The lowest BCUT2D eigenvalue weighted by atomic mass is 10.7. The van der Waals surface area contributed by atoms with E-state index in [9.17, 15) is 8.42 Å². The SMILES string of the molecule is O=S(=O)(NCCBr)c1ccc(Cl)s1. The minimum Gasteiger partial charge on any atom is -0.210 e. The van der Waals surface area contributed by atoms with Crippen molar-refractivity contribution in [2.24, 2.45) is 0 Å². The highest BCUT2D eigenvalue weighted by molar-refractivity contribution is 9.09. The van der Waals surface area contributed by atoms with Crippen LogP contribution in [0.2, 0.25) is 4.34 Å². The van der Waals surface area contributed by atoms with E-state index < -0.39 is 10.0 Å². The van der Waals surface area contributed by atoms with Crippen molar-refractivity contribution in [1.82, 2.24) is 4.72 Å². The Morgan fingerprint density at radius 3 is 2.69 bits per heavy atom. The fraction of sp³-hybridized carbons (Fsp3) is 0.333. The molecule has 0 aromatic carbocycles. The number of halogens is 2. The number of hydrogen-bond donors (Lipinski definition) is 1. The third-order valence-electron chi connectivity index (χ3n) is 1.20. The first-order valence-corrected chi connectivity index (χ1v) is 7.17. The minimum atomic E-state index is -3.35. The monoisotopic (exact) mass is 303 g/mol. The third-order valence-corrected chi connectivity index (χ3v) is 4.78. The Morgan fingerprint density at radius 1 is 1.54 bits per heavy atom. The number of alkyl halides is 1. The van der Waals surface area contributed by atoms with Gasteiger partial charge in [-0.15, -0.1) is 11.3 Å². The smallest absolute Gasteiger partial charge is 0.210 e. The predicted molar refractivity (Wildman–Crippen MR) is 58.3 cm³/mol. The Kier molecular flexibility index (Phi) is 4.18. The van der Waals surface area contributed by atoms with Gasteiger partial charge < -0.3 is 0 Å². The Hall–Kier alpha value is 0.380. The van der Waals surface area contributed by atoms with Crippen LogP contribution in [0, 0.1) is 0 Å². The molecule has 74 valence electrons. The maximum Gasteiger partial charge on any atom is 0.250 e. The van der Waals surface area contributed by atoms with Crippen LogP contribution in [0.25, 0.3) is 0 Å². The van der Waals surface area contributed by atoms with Crippen LogP contribution in [0.3, 0.4) is 0 Å². The van der Waals surface area contributed by atoms with E-state index >= 15 is 0 Å². The van der Waals surface area contributed by atoms with Gasteiger partial charge >= 0.3 is 0 Å². The van der Waals surface area contributed by atoms with Gasteiger partial charge in [-0.05, 0) is 12.1 Å². The molecule has 0 aliphatic rings. The molecule has 0 aliphatic heterocycles. The number of nitrogens with one attached hydrogen (secondary N) is 1. The molecule has 1 aromatic rings. The number of hydrogen-bond acceptors (Lipinski definition) is 3. The lowest BCUT2D eigenvalue weighted by Gasteiger charge is -2.00. The third kappa shape index (κ3) is 3.21. The molecule has 0 fully saturated rings. The maximum atomic E-state index is 11.4. The summed E-state index contributed by atoms with van der Waals surface area (Å²) in [6.45, 7) is 0.373. The molecule has 0 radical (unpaired) electrons. The van der Waals surface area contributed by atoms with Crippen molar-refractivity contribution in [2.45, 2.75) is 4.21 Å². The normalized spacial score (nSPS) is 11.8. The first-order valence-electron chi connectivity index (χ1n) is 3.37. The molecule has 3 nitrogen and oxygen atoms in total. The van der Waals surface area contributed by atoms with E-state index in [4.69, 9.17) is 11.6 Å². The number of thiophene rings is 1. The lowest BCUT2D eigenvalue weighted by molar-refractivity contribution is 0.586. The molecule has 1 N–H and O–H groups in total. The second-order valence-corrected chi connectivity index (χ2v) is 6.65. The Balaban J connectivity index is 2.82. The highest BCUT2D eigenvalue weighted by Gasteiger charge is 2.14. The maximum absolute atomic E-state index is 11.4. The molecule has 0 spiro atoms. The van der Waals surface area contributed by atoms with Crippen LogP contribution in [-0.4, -0.2) is 20.3 Å². The highest BCUT2D eigenvalue weighted by atomic mass is 79.9. The van der Waals surface area contributed by atoms with Gasteiger partial charge in [-0.2, -0.15) is 0 Å². The highest BCUT2D eigenvalue weighted by Crippen LogP contribution is 2.25. The van der Waals surface area contributed by atoms with E-state index in [1.165, 1.54) is 6.07 Å². The van der Waals surface area contributed by atoms with Crippen molar-refractivity contribution in [3.8, 4) is 0 Å². The van der Waals surface area contributed by atoms with Crippen molar-refractivity contribution in [3.63, 3.8) is 0 Å². The van der Waals surface area contributed by atoms with Crippen molar-refractivity contribution in [1.29, 1.82) is 0 Å². The van der Waals surface area contributed by atoms with E-state index in [1.807, 2.05) is 0 Å². The second-order valence-electron chi connectivity index (χ2n) is 2.15. The predicted octanol–water partition coefficient (Wildman–Crippen LogP) is 2.07. The molecule has 0 atom stereocenters. The lowest BCUT2D eigenvalue weighted by Crippen LogP contribution is -2.24. The summed E-state index contributed by atoms with van der Waals surface area (Å²) in [6.07, 6.45) is 0. The molecular weight excluding hydrogens is 298 g/mol. The first-order chi connectivity index (χ1) is 6.06. The van der Waals surface area contributed by atoms with Crippen LogP contribution in [0.4, 0.5) is 0 Å². The summed E-state index contributed by atoms with van der Waals surface area (Å²) >= 11 is 9.79. The summed E-state index contributed by atoms with van der Waals surface area (Å²) in [6, 6.07) is 3.05. The molecule has 0 amide bonds. The van der Waals surface area contributed by atoms with Gasteiger partial charge in [0.05, 0.1) is 4.34 Å². The molecule has 7 heteroatoms. The van der Waals surface area contributed by atoms with Gasteiger partial charge in [-0.1, -0.05) is 27.5 Å². The Bertz CT molecular complexity index is 376. The molecular formula is C6H7BrClNO2S2. The summed E-state index contributed by atoms with van der Waals surface area (Å²) in [5.74, 6) is 0. The molecule has 0 saturated heterocycles. The topological polar surface area (TPSA) is 46.2 Å². The largest absolute Gasteiger partial charge is 0.250 e. The molecule has 1 heterocycles. The van der Waals surface area contributed by atoms with Gasteiger partial charge in [0.25, 0.3) is 0 Å². The number of rotatable bonds is 4. The minimum absolute atomic E-state index is 0.249. The molecule has 0 aliphatic carbocycles. The summed E-state index contributed by atoms with van der Waals surface area (Å²) in [7, 11) is -3.35. The second kappa shape index (κ2) is 4.75. The molecule has 13 heavy (non-hydrogen) atoms. The molecule has 0 saturated carbocycles. The van der Waals surface area contributed by atoms with Crippen LogP contribution in [0.5, 0.6) is 0 Å². The van der Waals surface area contributed by atoms with Gasteiger partial charge in [-0.25, -0.2) is 13.1 Å². The van der Waals surface area contributed by atoms with Crippen molar-refractivity contribution in [2.75, 3.05) is 11.9 Å². The molecule has 0 bridgehead atoms. The zero-order chi connectivity index (χ0) is 9.90. The van der Waals surface area contributed by atoms with E-state index in [2.05, 4.69) is 20.7 Å². The van der Waals surface area contributed by atoms with Gasteiger partial charge in [0.2, 0.25) is 10.0 Å². The average Bonchev–Trinajstić information content (AvgIpc) is 2.49. The van der Waals surface area contributed by atoms with Gasteiger partial charge in [0, 0.05) is 11.9 Å². The van der Waals surface area contributed by atoms with Crippen molar-refractivity contribution < 1.29 is 8.42 Å². The fourth-order valence-corrected chi connectivity index (χ4v) is 3.71. The van der Waals surface area contributed by atoms with Crippen LogP contribution in [0.1, 0.15) is 0 Å². The van der Waals surface area contributed by atoms with E-state index in [1.54, 1.807) is 6.07 Å². The van der Waals surface area contributed by atoms with Gasteiger partial charge in [-0.3, -0.25) is 0 Å². The van der Waals surface area contributed by atoms with Crippen molar-refractivity contribution >= 4 is 48.9 Å². The molecule has 1 rings (SSSR count). The zero-order valence-electron chi connectivity index (χ0n) is 6.46. The van der Waals surface area contributed by atoms with E-state index in [-0.39, 0.29) is 4.21 Å². The number of sulfonamides is 1. The summed E-state index contributed by atoms with van der Waals surface area (Å²) in [4.78, 5) is 0. The van der Waals surface area contributed by atoms with Crippen LogP contribution >= 0.6 is 38.9 Å². The Labute approximate surface area is 94.3 Å². The van der Waals surface area contributed by atoms with Crippen molar-refractivity contribution in [3.05, 3.63) is 16.5 Å². The van der Waals surface area contributed by atoms with Gasteiger partial charge in [0.1, 0.15) is 4.21 Å². The van der Waals surface area contributed by atoms with E-state index in [0.29, 0.717) is 16.2 Å². The molecule has 0 unspecified atom stereocenters. The summed E-state index contributed by atoms with van der Waals surface area (Å²) in [5.41, 5.74) is 0. The zero-order valence-corrected chi connectivity index (χ0v) is 10.4. The molecule has 1 aromatic heterocycles. The van der Waals surface area contributed by atoms with Gasteiger partial charge in [0.15, 0.2) is 0 Å². The summed E-state index contributed by atoms with van der Waals surface area (Å²) in [5, 5.41) is 0.589.